The van der Waals surface area contributed by atoms with Crippen LogP contribution in [0.4, 0.5) is 0 Å². The molecular weight excluding hydrogens is 200 g/mol. The van der Waals surface area contributed by atoms with Crippen molar-refractivity contribution in [2.24, 2.45) is 23.7 Å². The van der Waals surface area contributed by atoms with Gasteiger partial charge in [0.05, 0.1) is 12.7 Å². The zero-order chi connectivity index (χ0) is 11.5. The van der Waals surface area contributed by atoms with Crippen LogP contribution in [-0.2, 0) is 4.74 Å². The van der Waals surface area contributed by atoms with Crippen molar-refractivity contribution in [3.05, 3.63) is 0 Å². The molecule has 5 unspecified atom stereocenters. The number of hydrogen-bond donors (Lipinski definition) is 1. The van der Waals surface area contributed by atoms with Gasteiger partial charge in [0.2, 0.25) is 0 Å². The van der Waals surface area contributed by atoms with Gasteiger partial charge in [0.15, 0.2) is 0 Å². The Labute approximate surface area is 99.4 Å². The highest BCUT2D eigenvalue weighted by Gasteiger charge is 2.37. The average molecular weight is 226 g/mol. The van der Waals surface area contributed by atoms with Crippen LogP contribution < -0.4 is 0 Å². The van der Waals surface area contributed by atoms with Crippen molar-refractivity contribution in [2.45, 2.75) is 52.1 Å². The van der Waals surface area contributed by atoms with Crippen molar-refractivity contribution in [1.29, 1.82) is 0 Å². The molecule has 1 N–H and O–H groups in total. The minimum atomic E-state index is 0.337. The third kappa shape index (κ3) is 2.60. The van der Waals surface area contributed by atoms with E-state index in [1.54, 1.807) is 0 Å². The summed E-state index contributed by atoms with van der Waals surface area (Å²) in [4.78, 5) is 0. The second kappa shape index (κ2) is 5.50. The van der Waals surface area contributed by atoms with E-state index in [9.17, 15) is 5.11 Å². The monoisotopic (exact) mass is 226 g/mol. The molecule has 94 valence electrons. The molecule has 2 nitrogen and oxygen atoms in total. The summed E-state index contributed by atoms with van der Waals surface area (Å²) >= 11 is 0. The quantitative estimate of drug-likeness (QED) is 0.784. The lowest BCUT2D eigenvalue weighted by atomic mass is 9.67. The van der Waals surface area contributed by atoms with Crippen molar-refractivity contribution in [3.8, 4) is 0 Å². The maximum atomic E-state index is 9.36. The van der Waals surface area contributed by atoms with Crippen LogP contribution in [0.3, 0.4) is 0 Å². The van der Waals surface area contributed by atoms with Crippen molar-refractivity contribution in [3.63, 3.8) is 0 Å². The Morgan fingerprint density at radius 3 is 2.81 bits per heavy atom. The van der Waals surface area contributed by atoms with Gasteiger partial charge in [-0.05, 0) is 49.9 Å². The molecule has 5 atom stereocenters. The number of ether oxygens (including phenoxy) is 1. The molecule has 0 aromatic carbocycles. The van der Waals surface area contributed by atoms with E-state index in [1.807, 2.05) is 0 Å². The molecule has 1 saturated carbocycles. The summed E-state index contributed by atoms with van der Waals surface area (Å²) in [5.74, 6) is 2.71. The average Bonchev–Trinajstić information content (AvgIpc) is 2.50. The maximum absolute atomic E-state index is 9.36. The van der Waals surface area contributed by atoms with Gasteiger partial charge in [-0.2, -0.15) is 0 Å². The van der Waals surface area contributed by atoms with E-state index in [4.69, 9.17) is 4.74 Å². The molecule has 0 aromatic rings. The Morgan fingerprint density at radius 2 is 2.06 bits per heavy atom. The molecule has 0 bridgehead atoms. The van der Waals surface area contributed by atoms with E-state index in [0.717, 1.165) is 12.5 Å². The zero-order valence-electron chi connectivity index (χ0n) is 10.7. The van der Waals surface area contributed by atoms with Crippen LogP contribution in [0, 0.1) is 23.7 Å². The SMILES string of the molecule is CC1CCC2CCCC(C(C)CO)C2CO1. The zero-order valence-corrected chi connectivity index (χ0v) is 10.7. The molecule has 16 heavy (non-hydrogen) atoms. The predicted octanol–water partition coefficient (Wildman–Crippen LogP) is 2.85. The van der Waals surface area contributed by atoms with Gasteiger partial charge in [-0.15, -0.1) is 0 Å². The van der Waals surface area contributed by atoms with E-state index in [2.05, 4.69) is 13.8 Å². The number of aliphatic hydroxyl groups excluding tert-OH is 1. The Bertz CT molecular complexity index is 217. The first kappa shape index (κ1) is 12.4. The topological polar surface area (TPSA) is 29.5 Å². The molecule has 2 fully saturated rings. The van der Waals surface area contributed by atoms with Gasteiger partial charge in [-0.1, -0.05) is 19.8 Å². The first-order valence-corrected chi connectivity index (χ1v) is 6.94. The molecule has 1 saturated heterocycles. The van der Waals surface area contributed by atoms with Gasteiger partial charge in [-0.25, -0.2) is 0 Å². The molecule has 2 aliphatic rings. The first-order valence-electron chi connectivity index (χ1n) is 6.94. The summed E-state index contributed by atoms with van der Waals surface area (Å²) < 4.78 is 5.92. The smallest absolute Gasteiger partial charge is 0.0547 e. The van der Waals surface area contributed by atoms with Gasteiger partial charge < -0.3 is 9.84 Å². The van der Waals surface area contributed by atoms with Gasteiger partial charge >= 0.3 is 0 Å². The van der Waals surface area contributed by atoms with Crippen molar-refractivity contribution in [1.82, 2.24) is 0 Å². The van der Waals surface area contributed by atoms with Crippen molar-refractivity contribution >= 4 is 0 Å². The molecular formula is C14H26O2. The summed E-state index contributed by atoms with van der Waals surface area (Å²) in [7, 11) is 0. The predicted molar refractivity (Wildman–Crippen MR) is 65.2 cm³/mol. The van der Waals surface area contributed by atoms with E-state index in [1.165, 1.54) is 32.1 Å². The maximum Gasteiger partial charge on any atom is 0.0547 e. The summed E-state index contributed by atoms with van der Waals surface area (Å²) in [5.41, 5.74) is 0. The van der Waals surface area contributed by atoms with Crippen LogP contribution >= 0.6 is 0 Å². The molecule has 0 radical (unpaired) electrons. The fourth-order valence-electron chi connectivity index (χ4n) is 3.66. The molecule has 1 aliphatic heterocycles. The summed E-state index contributed by atoms with van der Waals surface area (Å²) in [6.45, 7) is 5.66. The van der Waals surface area contributed by atoms with E-state index < -0.39 is 0 Å². The Balaban J connectivity index is 2.04. The fourth-order valence-corrected chi connectivity index (χ4v) is 3.66. The summed E-state index contributed by atoms with van der Waals surface area (Å²) in [6, 6.07) is 0. The fraction of sp³-hybridized carbons (Fsp3) is 1.00. The Hall–Kier alpha value is -0.0800. The lowest BCUT2D eigenvalue weighted by Gasteiger charge is -2.39. The van der Waals surface area contributed by atoms with Crippen molar-refractivity contribution < 1.29 is 9.84 Å². The normalized spacial score (nSPS) is 42.2. The van der Waals surface area contributed by atoms with Crippen LogP contribution in [0.15, 0.2) is 0 Å². The van der Waals surface area contributed by atoms with Gasteiger partial charge in [0.25, 0.3) is 0 Å². The van der Waals surface area contributed by atoms with Crippen LogP contribution in [0.25, 0.3) is 0 Å². The van der Waals surface area contributed by atoms with Crippen LogP contribution in [0.5, 0.6) is 0 Å². The standard InChI is InChI=1S/C14H26O2/c1-10(8-15)13-5-3-4-12-7-6-11(2)16-9-14(12)13/h10-15H,3-9H2,1-2H3. The van der Waals surface area contributed by atoms with E-state index in [-0.39, 0.29) is 0 Å². The van der Waals surface area contributed by atoms with Gasteiger partial charge in [0, 0.05) is 6.61 Å². The Morgan fingerprint density at radius 1 is 1.25 bits per heavy atom. The van der Waals surface area contributed by atoms with Crippen LogP contribution in [0.1, 0.15) is 46.0 Å². The highest BCUT2D eigenvalue weighted by atomic mass is 16.5. The first-order chi connectivity index (χ1) is 7.72. The third-order valence-corrected chi connectivity index (χ3v) is 4.80. The molecule has 0 spiro atoms. The van der Waals surface area contributed by atoms with Gasteiger partial charge in [-0.3, -0.25) is 0 Å². The van der Waals surface area contributed by atoms with Crippen LogP contribution in [0.2, 0.25) is 0 Å². The molecule has 2 heteroatoms. The molecule has 0 aromatic heterocycles. The second-order valence-corrected chi connectivity index (χ2v) is 5.90. The molecule has 1 aliphatic carbocycles. The largest absolute Gasteiger partial charge is 0.396 e. The molecule has 1 heterocycles. The van der Waals surface area contributed by atoms with Crippen molar-refractivity contribution in [2.75, 3.05) is 13.2 Å². The molecule has 0 amide bonds. The molecule has 2 rings (SSSR count). The highest BCUT2D eigenvalue weighted by Crippen LogP contribution is 2.43. The number of hydrogen-bond acceptors (Lipinski definition) is 2. The Kier molecular flexibility index (Phi) is 4.26. The van der Waals surface area contributed by atoms with Gasteiger partial charge in [0.1, 0.15) is 0 Å². The second-order valence-electron chi connectivity index (χ2n) is 5.90. The summed E-state index contributed by atoms with van der Waals surface area (Å²) in [5, 5.41) is 9.36. The number of rotatable bonds is 2. The minimum absolute atomic E-state index is 0.337. The van der Waals surface area contributed by atoms with E-state index in [0.29, 0.717) is 30.5 Å². The number of fused-ring (bicyclic) bond motifs is 1. The minimum Gasteiger partial charge on any atom is -0.396 e. The number of aliphatic hydroxyl groups is 1. The van der Waals surface area contributed by atoms with Crippen LogP contribution in [-0.4, -0.2) is 24.4 Å². The lowest BCUT2D eigenvalue weighted by Crippen LogP contribution is -2.35. The van der Waals surface area contributed by atoms with E-state index >= 15 is 0 Å². The summed E-state index contributed by atoms with van der Waals surface area (Å²) in [6.07, 6.45) is 7.03. The third-order valence-electron chi connectivity index (χ3n) is 4.80. The lowest BCUT2D eigenvalue weighted by molar-refractivity contribution is -0.00215. The highest BCUT2D eigenvalue weighted by molar-refractivity contribution is 4.86.